The van der Waals surface area contributed by atoms with Gasteiger partial charge in [0.2, 0.25) is 5.43 Å². The smallest absolute Gasteiger partial charge is 0.200 e. The van der Waals surface area contributed by atoms with E-state index in [0.717, 1.165) is 46.9 Å². The molecule has 5 aromatic rings. The second kappa shape index (κ2) is 16.2. The van der Waals surface area contributed by atoms with Gasteiger partial charge < -0.3 is 34.0 Å². The zero-order chi connectivity index (χ0) is 36.0. The number of ketones is 1. The number of anilines is 1. The lowest BCUT2D eigenvalue weighted by molar-refractivity contribution is -0.101. The van der Waals surface area contributed by atoms with Gasteiger partial charge in [0.1, 0.15) is 18.5 Å². The summed E-state index contributed by atoms with van der Waals surface area (Å²) in [6.45, 7) is 6.13. The molecule has 4 aromatic heterocycles. The Bertz CT molecular complexity index is 2090. The number of hydrogen-bond donors (Lipinski definition) is 1. The lowest BCUT2D eigenvalue weighted by Gasteiger charge is -2.23. The Kier molecular flexibility index (Phi) is 11.0. The van der Waals surface area contributed by atoms with E-state index in [1.165, 1.54) is 0 Å². The van der Waals surface area contributed by atoms with Crippen LogP contribution < -0.4 is 20.6 Å². The lowest BCUT2D eigenvalue weighted by atomic mass is 9.99. The molecule has 0 aliphatic carbocycles. The van der Waals surface area contributed by atoms with E-state index in [0.29, 0.717) is 72.9 Å². The van der Waals surface area contributed by atoms with Gasteiger partial charge in [0.15, 0.2) is 17.3 Å². The number of carbonyl (C=O) groups is 1. The van der Waals surface area contributed by atoms with E-state index in [-0.39, 0.29) is 35.1 Å². The molecule has 7 rings (SSSR count). The first-order chi connectivity index (χ1) is 25.3. The third-order valence-corrected chi connectivity index (χ3v) is 10.3. The largest absolute Gasteiger partial charge is 0.493 e. The lowest BCUT2D eigenvalue weighted by Crippen LogP contribution is -2.33. The summed E-state index contributed by atoms with van der Waals surface area (Å²) in [4.78, 5) is 33.8. The molecule has 0 saturated carbocycles. The Balaban J connectivity index is 1.09. The number of ether oxygens (including phenoxy) is 5. The van der Waals surface area contributed by atoms with Crippen LogP contribution in [-0.2, 0) is 27.2 Å². The van der Waals surface area contributed by atoms with Crippen LogP contribution in [0.3, 0.4) is 0 Å². The van der Waals surface area contributed by atoms with Gasteiger partial charge in [-0.3, -0.25) is 9.59 Å². The number of nitrogens with zero attached hydrogens (tertiary/aromatic N) is 4. The first-order valence-corrected chi connectivity index (χ1v) is 18.2. The zero-order valence-corrected chi connectivity index (χ0v) is 30.0. The summed E-state index contributed by atoms with van der Waals surface area (Å²) in [5.41, 5.74) is 9.86. The first kappa shape index (κ1) is 35.5. The van der Waals surface area contributed by atoms with Crippen molar-refractivity contribution in [1.82, 2.24) is 19.7 Å². The maximum Gasteiger partial charge on any atom is 0.200 e. The van der Waals surface area contributed by atoms with Crippen LogP contribution in [-0.4, -0.2) is 78.4 Å². The molecule has 6 heterocycles. The summed E-state index contributed by atoms with van der Waals surface area (Å²) in [6.07, 6.45) is 6.92. The van der Waals surface area contributed by atoms with E-state index < -0.39 is 0 Å². The van der Waals surface area contributed by atoms with Crippen molar-refractivity contribution in [2.24, 2.45) is 5.92 Å². The van der Waals surface area contributed by atoms with Crippen LogP contribution in [0.2, 0.25) is 0 Å². The Morgan fingerprint density at radius 3 is 2.56 bits per heavy atom. The normalized spacial score (nSPS) is 16.5. The number of methoxy groups -OCH3 is 1. The Hall–Kier alpha value is -4.95. The number of pyridine rings is 2. The van der Waals surface area contributed by atoms with E-state index in [2.05, 4.69) is 15.2 Å². The van der Waals surface area contributed by atoms with Gasteiger partial charge in [-0.05, 0) is 73.7 Å². The maximum absolute atomic E-state index is 13.7. The topological polar surface area (TPSA) is 150 Å². The quantitative estimate of drug-likeness (QED) is 0.159. The number of aromatic nitrogens is 4. The highest BCUT2D eigenvalue weighted by Crippen LogP contribution is 2.35. The highest BCUT2D eigenvalue weighted by atomic mass is 32.1. The zero-order valence-electron chi connectivity index (χ0n) is 29.2. The summed E-state index contributed by atoms with van der Waals surface area (Å²) >= 11 is 1.54. The highest BCUT2D eigenvalue weighted by molar-refractivity contribution is 7.15. The number of nitrogen functional groups attached to an aromatic ring is 1. The Morgan fingerprint density at radius 2 is 1.83 bits per heavy atom. The first-order valence-electron chi connectivity index (χ1n) is 17.4. The molecule has 2 aliphatic rings. The van der Waals surface area contributed by atoms with Crippen LogP contribution >= 0.6 is 11.3 Å². The van der Waals surface area contributed by atoms with Crippen molar-refractivity contribution in [1.29, 1.82) is 0 Å². The Labute approximate surface area is 305 Å². The molecule has 0 bridgehead atoms. The van der Waals surface area contributed by atoms with E-state index in [9.17, 15) is 9.59 Å². The van der Waals surface area contributed by atoms with E-state index in [1.54, 1.807) is 43.0 Å². The number of rotatable bonds is 12. The molecule has 1 atom stereocenters. The van der Waals surface area contributed by atoms with Crippen molar-refractivity contribution in [3.63, 3.8) is 0 Å². The summed E-state index contributed by atoms with van der Waals surface area (Å²) in [5, 5.41) is 8.77. The van der Waals surface area contributed by atoms with Crippen molar-refractivity contribution in [3.05, 3.63) is 93.5 Å². The molecule has 2 fully saturated rings. The predicted octanol–water partition coefficient (Wildman–Crippen LogP) is 5.64. The predicted molar refractivity (Wildman–Crippen MR) is 198 cm³/mol. The van der Waals surface area contributed by atoms with Crippen LogP contribution in [0.5, 0.6) is 11.5 Å². The minimum Gasteiger partial charge on any atom is -0.493 e. The fraction of sp³-hybridized carbons (Fsp3) is 0.359. The molecule has 13 heteroatoms. The van der Waals surface area contributed by atoms with Gasteiger partial charge >= 0.3 is 0 Å². The number of aryl methyl sites for hydroxylation is 1. The van der Waals surface area contributed by atoms with Gasteiger partial charge in [0, 0.05) is 59.2 Å². The fourth-order valence-corrected chi connectivity index (χ4v) is 7.27. The number of hydrogen-bond acceptors (Lipinski definition) is 12. The molecule has 0 amide bonds. The summed E-state index contributed by atoms with van der Waals surface area (Å²) in [7, 11) is 1.59. The second-order valence-corrected chi connectivity index (χ2v) is 14.3. The minimum absolute atomic E-state index is 0.0748. The van der Waals surface area contributed by atoms with Gasteiger partial charge in [-0.25, -0.2) is 4.98 Å². The average molecular weight is 724 g/mol. The third-order valence-electron chi connectivity index (χ3n) is 9.26. The number of benzene rings is 1. The number of Topliss-reactive ketones (excluding diaryl/α,β-unsaturated/α-hetero) is 1. The van der Waals surface area contributed by atoms with Crippen LogP contribution in [0.4, 0.5) is 5.82 Å². The molecule has 52 heavy (non-hydrogen) atoms. The number of thiophene rings is 1. The summed E-state index contributed by atoms with van der Waals surface area (Å²) in [5.74, 6) is 1.54. The number of carbonyl (C=O) groups excluding carboxylic acids is 1. The molecule has 1 aromatic carbocycles. The van der Waals surface area contributed by atoms with Crippen LogP contribution in [0.1, 0.15) is 33.8 Å². The van der Waals surface area contributed by atoms with E-state index in [4.69, 9.17) is 29.4 Å². The standard InChI is InChI=1S/C39H41N5O7S/c1-24-3-8-37(52-24)32-21-44(19-25-9-11-48-12-10-25)20-31(38(32)46)34(45)17-28-5-6-33(43-42-28)30-15-27(18-41-39(30)40)26-4-7-35(36(16-26)47-2)51-23-29-22-49-13-14-50-29/h3-8,15-16,18,20-21,25,29H,9-14,17,19,22-23H2,1-2H3,(H2,40,41)/t29-/m1/s1. The average Bonchev–Trinajstić information content (AvgIpc) is 3.61. The SMILES string of the molecule is COc1cc(-c2cnc(N)c(-c3ccc(CC(=O)c4cn(CC5CCOCC5)cc(-c5ccc(C)s5)c4=O)nn3)c2)ccc1OC[C@H]1COCCO1. The van der Waals surface area contributed by atoms with Gasteiger partial charge in [-0.2, -0.15) is 10.2 Å². The van der Waals surface area contributed by atoms with E-state index in [1.807, 2.05) is 54.1 Å². The van der Waals surface area contributed by atoms with Crippen molar-refractivity contribution >= 4 is 22.9 Å². The second-order valence-electron chi connectivity index (χ2n) is 13.0. The van der Waals surface area contributed by atoms with Gasteiger partial charge in [-0.15, -0.1) is 11.3 Å². The molecular formula is C39H41N5O7S. The van der Waals surface area contributed by atoms with E-state index >= 15 is 0 Å². The molecule has 12 nitrogen and oxygen atoms in total. The van der Waals surface area contributed by atoms with Gasteiger partial charge in [-0.1, -0.05) is 6.07 Å². The Morgan fingerprint density at radius 1 is 0.962 bits per heavy atom. The minimum atomic E-state index is -0.313. The molecule has 0 spiro atoms. The fourth-order valence-electron chi connectivity index (χ4n) is 6.40. The summed E-state index contributed by atoms with van der Waals surface area (Å²) < 4.78 is 30.3. The highest BCUT2D eigenvalue weighted by Gasteiger charge is 2.22. The number of nitrogens with two attached hydrogens (primary N) is 1. The monoisotopic (exact) mass is 723 g/mol. The van der Waals surface area contributed by atoms with Crippen LogP contribution in [0, 0.1) is 12.8 Å². The molecule has 2 N–H and O–H groups in total. The van der Waals surface area contributed by atoms with Crippen LogP contribution in [0.15, 0.2) is 71.9 Å². The van der Waals surface area contributed by atoms with Crippen molar-refractivity contribution in [2.45, 2.75) is 38.8 Å². The summed E-state index contributed by atoms with van der Waals surface area (Å²) in [6, 6.07) is 14.9. The molecular weight excluding hydrogens is 683 g/mol. The van der Waals surface area contributed by atoms with Crippen molar-refractivity contribution in [3.8, 4) is 44.3 Å². The molecule has 2 saturated heterocycles. The maximum atomic E-state index is 13.7. The molecule has 270 valence electrons. The van der Waals surface area contributed by atoms with Crippen molar-refractivity contribution < 1.29 is 28.5 Å². The molecule has 0 unspecified atom stereocenters. The van der Waals surface area contributed by atoms with Gasteiger partial charge in [0.05, 0.1) is 55.9 Å². The van der Waals surface area contributed by atoms with Crippen LogP contribution in [0.25, 0.3) is 32.8 Å². The van der Waals surface area contributed by atoms with Gasteiger partial charge in [0.25, 0.3) is 0 Å². The molecule has 2 aliphatic heterocycles. The van der Waals surface area contributed by atoms with Crippen molar-refractivity contribution in [2.75, 3.05) is 52.5 Å². The third kappa shape index (κ3) is 8.23. The molecule has 0 radical (unpaired) electrons.